The fourth-order valence-corrected chi connectivity index (χ4v) is 2.70. The molecule has 0 aliphatic carbocycles. The molecule has 1 aromatic rings. The highest BCUT2D eigenvalue weighted by Gasteiger charge is 2.28. The largest absolute Gasteiger partial charge is 0.399 e. The quantitative estimate of drug-likeness (QED) is 0.796. The molecule has 1 aliphatic rings. The molecule has 0 saturated carbocycles. The van der Waals surface area contributed by atoms with Crippen molar-refractivity contribution in [3.8, 4) is 0 Å². The topological polar surface area (TPSA) is 75.4 Å². The molecule has 1 atom stereocenters. The summed E-state index contributed by atoms with van der Waals surface area (Å²) in [6.45, 7) is 3.09. The van der Waals surface area contributed by atoms with Crippen LogP contribution in [0.4, 0.5) is 5.69 Å². The summed E-state index contributed by atoms with van der Waals surface area (Å²) in [7, 11) is 1.63. The first-order valence-corrected chi connectivity index (χ1v) is 6.89. The summed E-state index contributed by atoms with van der Waals surface area (Å²) in [6, 6.07) is 5.36. The van der Waals surface area contributed by atoms with E-state index in [0.29, 0.717) is 24.3 Å². The Kier molecular flexibility index (Phi) is 4.27. The van der Waals surface area contributed by atoms with Crippen molar-refractivity contribution in [1.29, 1.82) is 0 Å². The van der Waals surface area contributed by atoms with Crippen molar-refractivity contribution in [3.63, 3.8) is 0 Å². The molecule has 0 aromatic heterocycles. The van der Waals surface area contributed by atoms with Crippen LogP contribution in [0.3, 0.4) is 0 Å². The summed E-state index contributed by atoms with van der Waals surface area (Å²) in [6.07, 6.45) is 1.69. The number of hydrogen-bond acceptors (Lipinski definition) is 3. The number of benzene rings is 1. The Morgan fingerprint density at radius 1 is 1.35 bits per heavy atom. The number of anilines is 1. The minimum absolute atomic E-state index is 0.00579. The second kappa shape index (κ2) is 5.94. The van der Waals surface area contributed by atoms with Crippen molar-refractivity contribution in [2.75, 3.05) is 25.9 Å². The van der Waals surface area contributed by atoms with Gasteiger partial charge in [0.05, 0.1) is 5.92 Å². The zero-order chi connectivity index (χ0) is 14.7. The number of carbonyl (C=O) groups is 2. The number of piperidine rings is 1. The van der Waals surface area contributed by atoms with Gasteiger partial charge in [-0.15, -0.1) is 0 Å². The second-order valence-electron chi connectivity index (χ2n) is 5.34. The lowest BCUT2D eigenvalue weighted by Crippen LogP contribution is -2.44. The van der Waals surface area contributed by atoms with Gasteiger partial charge in [0, 0.05) is 31.4 Å². The van der Waals surface area contributed by atoms with Gasteiger partial charge in [-0.2, -0.15) is 0 Å². The summed E-state index contributed by atoms with van der Waals surface area (Å²) in [5.41, 5.74) is 7.94. The third-order valence-electron chi connectivity index (χ3n) is 3.67. The van der Waals surface area contributed by atoms with Crippen molar-refractivity contribution in [2.24, 2.45) is 5.92 Å². The summed E-state index contributed by atoms with van der Waals surface area (Å²) >= 11 is 0. The van der Waals surface area contributed by atoms with Gasteiger partial charge in [0.15, 0.2) is 0 Å². The van der Waals surface area contributed by atoms with E-state index < -0.39 is 0 Å². The second-order valence-corrected chi connectivity index (χ2v) is 5.34. The predicted molar refractivity (Wildman–Crippen MR) is 78.3 cm³/mol. The average molecular weight is 275 g/mol. The number of hydrogen-bond donors (Lipinski definition) is 2. The standard InChI is InChI=1S/C15H21N3O2/c1-10-6-12(8-13(16)7-10)15(20)18-5-3-4-11(9-18)14(19)17-2/h6-8,11H,3-5,9,16H2,1-2H3,(H,17,19). The van der Waals surface area contributed by atoms with E-state index in [-0.39, 0.29) is 17.7 Å². The highest BCUT2D eigenvalue weighted by molar-refractivity contribution is 5.95. The number of nitrogens with one attached hydrogen (secondary N) is 1. The maximum absolute atomic E-state index is 12.5. The van der Waals surface area contributed by atoms with Crippen LogP contribution < -0.4 is 11.1 Å². The summed E-state index contributed by atoms with van der Waals surface area (Å²) in [4.78, 5) is 26.0. The Labute approximate surface area is 119 Å². The van der Waals surface area contributed by atoms with Crippen LogP contribution in [0.15, 0.2) is 18.2 Å². The van der Waals surface area contributed by atoms with Crippen LogP contribution >= 0.6 is 0 Å². The van der Waals surface area contributed by atoms with Gasteiger partial charge < -0.3 is 16.0 Å². The van der Waals surface area contributed by atoms with Gasteiger partial charge in [0.1, 0.15) is 0 Å². The average Bonchev–Trinajstić information content (AvgIpc) is 2.44. The highest BCUT2D eigenvalue weighted by atomic mass is 16.2. The molecule has 2 amide bonds. The van der Waals surface area contributed by atoms with E-state index in [1.165, 1.54) is 0 Å². The molecule has 20 heavy (non-hydrogen) atoms. The van der Waals surface area contributed by atoms with Crippen LogP contribution in [0.1, 0.15) is 28.8 Å². The van der Waals surface area contributed by atoms with E-state index in [0.717, 1.165) is 18.4 Å². The van der Waals surface area contributed by atoms with Crippen molar-refractivity contribution in [2.45, 2.75) is 19.8 Å². The fraction of sp³-hybridized carbons (Fsp3) is 0.467. The lowest BCUT2D eigenvalue weighted by Gasteiger charge is -2.32. The molecule has 1 aliphatic heterocycles. The van der Waals surface area contributed by atoms with E-state index in [9.17, 15) is 9.59 Å². The Bertz CT molecular complexity index is 508. The smallest absolute Gasteiger partial charge is 0.253 e. The molecule has 1 aromatic carbocycles. The minimum Gasteiger partial charge on any atom is -0.399 e. The minimum atomic E-state index is -0.111. The van der Waals surface area contributed by atoms with Crippen LogP contribution in [-0.2, 0) is 4.79 Å². The van der Waals surface area contributed by atoms with E-state index in [2.05, 4.69) is 5.32 Å². The monoisotopic (exact) mass is 275 g/mol. The molecule has 3 N–H and O–H groups in total. The van der Waals surface area contributed by atoms with Crippen LogP contribution in [0.25, 0.3) is 0 Å². The van der Waals surface area contributed by atoms with E-state index in [1.807, 2.05) is 19.1 Å². The first kappa shape index (κ1) is 14.4. The fourth-order valence-electron chi connectivity index (χ4n) is 2.70. The van der Waals surface area contributed by atoms with Gasteiger partial charge >= 0.3 is 0 Å². The number of nitrogens with zero attached hydrogens (tertiary/aromatic N) is 1. The van der Waals surface area contributed by atoms with Crippen molar-refractivity contribution in [1.82, 2.24) is 10.2 Å². The number of aryl methyl sites for hydroxylation is 1. The molecule has 5 heteroatoms. The van der Waals surface area contributed by atoms with Crippen molar-refractivity contribution >= 4 is 17.5 Å². The molecule has 1 saturated heterocycles. The third kappa shape index (κ3) is 3.10. The molecule has 0 spiro atoms. The Morgan fingerprint density at radius 2 is 2.10 bits per heavy atom. The number of nitrogens with two attached hydrogens (primary N) is 1. The summed E-state index contributed by atoms with van der Waals surface area (Å²) in [5.74, 6) is -0.153. The molecular weight excluding hydrogens is 254 g/mol. The molecular formula is C15H21N3O2. The van der Waals surface area contributed by atoms with Crippen molar-refractivity contribution < 1.29 is 9.59 Å². The van der Waals surface area contributed by atoms with E-state index >= 15 is 0 Å². The molecule has 1 unspecified atom stereocenters. The van der Waals surface area contributed by atoms with Gasteiger partial charge in [0.2, 0.25) is 5.91 Å². The lowest BCUT2D eigenvalue weighted by atomic mass is 9.96. The van der Waals surface area contributed by atoms with E-state index in [1.54, 1.807) is 18.0 Å². The third-order valence-corrected chi connectivity index (χ3v) is 3.67. The maximum Gasteiger partial charge on any atom is 0.253 e. The first-order valence-electron chi connectivity index (χ1n) is 6.89. The number of amides is 2. The Morgan fingerprint density at radius 3 is 2.75 bits per heavy atom. The molecule has 1 heterocycles. The van der Waals surface area contributed by atoms with Gasteiger partial charge in [-0.3, -0.25) is 9.59 Å². The number of carbonyl (C=O) groups excluding carboxylic acids is 2. The summed E-state index contributed by atoms with van der Waals surface area (Å²) < 4.78 is 0. The van der Waals surface area contributed by atoms with Gasteiger partial charge in [-0.25, -0.2) is 0 Å². The maximum atomic E-state index is 12.5. The first-order chi connectivity index (χ1) is 9.51. The molecule has 0 bridgehead atoms. The molecule has 2 rings (SSSR count). The molecule has 5 nitrogen and oxygen atoms in total. The van der Waals surface area contributed by atoms with Crippen LogP contribution in [0.5, 0.6) is 0 Å². The zero-order valence-electron chi connectivity index (χ0n) is 12.0. The lowest BCUT2D eigenvalue weighted by molar-refractivity contribution is -0.125. The van der Waals surface area contributed by atoms with E-state index in [4.69, 9.17) is 5.73 Å². The normalized spacial score (nSPS) is 18.7. The van der Waals surface area contributed by atoms with Gasteiger partial charge in [-0.05, 0) is 43.5 Å². The highest BCUT2D eigenvalue weighted by Crippen LogP contribution is 2.20. The van der Waals surface area contributed by atoms with Gasteiger partial charge in [-0.1, -0.05) is 0 Å². The number of nitrogen functional groups attached to an aromatic ring is 1. The molecule has 108 valence electrons. The van der Waals surface area contributed by atoms with Crippen LogP contribution in [-0.4, -0.2) is 36.9 Å². The number of likely N-dealkylation sites (tertiary alicyclic amines) is 1. The van der Waals surface area contributed by atoms with Crippen LogP contribution in [0.2, 0.25) is 0 Å². The Balaban J connectivity index is 2.14. The van der Waals surface area contributed by atoms with Crippen LogP contribution in [0, 0.1) is 12.8 Å². The zero-order valence-corrected chi connectivity index (χ0v) is 12.0. The summed E-state index contributed by atoms with van der Waals surface area (Å²) in [5, 5.41) is 2.66. The predicted octanol–water partition coefficient (Wildman–Crippen LogP) is 1.18. The van der Waals surface area contributed by atoms with Gasteiger partial charge in [0.25, 0.3) is 5.91 Å². The molecule has 0 radical (unpaired) electrons. The Hall–Kier alpha value is -2.04. The number of rotatable bonds is 2. The SMILES string of the molecule is CNC(=O)C1CCCN(C(=O)c2cc(C)cc(N)c2)C1. The van der Waals surface area contributed by atoms with Crippen molar-refractivity contribution in [3.05, 3.63) is 29.3 Å². The molecule has 1 fully saturated rings.